The van der Waals surface area contributed by atoms with E-state index in [2.05, 4.69) is 22.6 Å². The van der Waals surface area contributed by atoms with Crippen LogP contribution in [0, 0.1) is 3.57 Å². The molecule has 0 unspecified atom stereocenters. The average Bonchev–Trinajstić information content (AvgIpc) is 2.14. The number of nitrogens with zero attached hydrogens (tertiary/aromatic N) is 1. The number of benzene rings is 1. The fourth-order valence-corrected chi connectivity index (χ4v) is 1.35. The summed E-state index contributed by atoms with van der Waals surface area (Å²) in [5.41, 5.74) is 0. The first-order valence-corrected chi connectivity index (χ1v) is 5.26. The van der Waals surface area contributed by atoms with Crippen molar-refractivity contribution in [2.24, 2.45) is 0 Å². The number of halogens is 1. The third-order valence-electron chi connectivity index (χ3n) is 1.66. The van der Waals surface area contributed by atoms with Gasteiger partial charge in [-0.15, -0.1) is 0 Å². The third kappa shape index (κ3) is 3.53. The minimum Gasteiger partial charge on any atom is -0.484 e. The maximum Gasteiger partial charge on any atom is 0.259 e. The van der Waals surface area contributed by atoms with E-state index < -0.39 is 0 Å². The molecule has 0 N–H and O–H groups in total. The fourth-order valence-electron chi connectivity index (χ4n) is 0.831. The smallest absolute Gasteiger partial charge is 0.259 e. The second kappa shape index (κ2) is 5.19. The number of rotatable bonds is 3. The van der Waals surface area contributed by atoms with Crippen LogP contribution in [0.2, 0.25) is 0 Å². The Hall–Kier alpha value is -0.780. The minimum atomic E-state index is -0.0381. The monoisotopic (exact) mass is 305 g/mol. The zero-order valence-electron chi connectivity index (χ0n) is 8.16. The summed E-state index contributed by atoms with van der Waals surface area (Å²) in [6.45, 7) is 0.0904. The van der Waals surface area contributed by atoms with Gasteiger partial charge in [0.15, 0.2) is 6.61 Å². The van der Waals surface area contributed by atoms with Crippen molar-refractivity contribution in [3.63, 3.8) is 0 Å². The molecule has 0 aliphatic carbocycles. The highest BCUT2D eigenvalue weighted by atomic mass is 127. The van der Waals surface area contributed by atoms with Crippen molar-refractivity contribution >= 4 is 28.5 Å². The number of amides is 1. The molecule has 0 aliphatic heterocycles. The van der Waals surface area contributed by atoms with Crippen molar-refractivity contribution in [2.75, 3.05) is 20.7 Å². The number of carbonyl (C=O) groups excluding carboxylic acids is 1. The van der Waals surface area contributed by atoms with Gasteiger partial charge in [-0.25, -0.2) is 0 Å². The van der Waals surface area contributed by atoms with Gasteiger partial charge in [0.05, 0.1) is 0 Å². The zero-order chi connectivity index (χ0) is 10.6. The van der Waals surface area contributed by atoms with Crippen molar-refractivity contribution in [3.05, 3.63) is 27.8 Å². The summed E-state index contributed by atoms with van der Waals surface area (Å²) >= 11 is 2.20. The lowest BCUT2D eigenvalue weighted by Crippen LogP contribution is -2.27. The lowest BCUT2D eigenvalue weighted by atomic mass is 10.3. The van der Waals surface area contributed by atoms with Crippen LogP contribution in [-0.4, -0.2) is 31.5 Å². The highest BCUT2D eigenvalue weighted by Crippen LogP contribution is 2.14. The van der Waals surface area contributed by atoms with Crippen molar-refractivity contribution in [2.45, 2.75) is 0 Å². The number of hydrogen-bond acceptors (Lipinski definition) is 2. The standard InChI is InChI=1S/C10H12INO2/c1-12(2)10(13)7-14-9-5-3-4-8(11)6-9/h3-6H,7H2,1-2H3. The summed E-state index contributed by atoms with van der Waals surface area (Å²) in [5, 5.41) is 0. The molecular weight excluding hydrogens is 293 g/mol. The predicted molar refractivity (Wildman–Crippen MR) is 63.3 cm³/mol. The van der Waals surface area contributed by atoms with Gasteiger partial charge in [-0.3, -0.25) is 4.79 Å². The van der Waals surface area contributed by atoms with Crippen molar-refractivity contribution in [3.8, 4) is 5.75 Å². The maximum absolute atomic E-state index is 11.2. The Morgan fingerprint density at radius 2 is 2.21 bits per heavy atom. The Bertz CT molecular complexity index is 326. The second-order valence-corrected chi connectivity index (χ2v) is 4.28. The molecule has 14 heavy (non-hydrogen) atoms. The molecule has 0 atom stereocenters. The van der Waals surface area contributed by atoms with E-state index in [1.54, 1.807) is 14.1 Å². The lowest BCUT2D eigenvalue weighted by Gasteiger charge is -2.11. The average molecular weight is 305 g/mol. The molecule has 1 aromatic carbocycles. The van der Waals surface area contributed by atoms with Crippen LogP contribution >= 0.6 is 22.6 Å². The molecule has 0 spiro atoms. The molecule has 0 saturated carbocycles. The van der Waals surface area contributed by atoms with Crippen LogP contribution in [0.4, 0.5) is 0 Å². The van der Waals surface area contributed by atoms with Gasteiger partial charge in [-0.2, -0.15) is 0 Å². The Morgan fingerprint density at radius 3 is 2.79 bits per heavy atom. The summed E-state index contributed by atoms with van der Waals surface area (Å²) in [4.78, 5) is 12.7. The van der Waals surface area contributed by atoms with E-state index >= 15 is 0 Å². The third-order valence-corrected chi connectivity index (χ3v) is 2.33. The highest BCUT2D eigenvalue weighted by Gasteiger charge is 2.04. The van der Waals surface area contributed by atoms with E-state index in [-0.39, 0.29) is 12.5 Å². The minimum absolute atomic E-state index is 0.0381. The van der Waals surface area contributed by atoms with Crippen molar-refractivity contribution in [1.29, 1.82) is 0 Å². The molecular formula is C10H12INO2. The Morgan fingerprint density at radius 1 is 1.50 bits per heavy atom. The van der Waals surface area contributed by atoms with Crippen LogP contribution in [-0.2, 0) is 4.79 Å². The van der Waals surface area contributed by atoms with Gasteiger partial charge in [-0.05, 0) is 40.8 Å². The van der Waals surface area contributed by atoms with Gasteiger partial charge < -0.3 is 9.64 Å². The molecule has 0 fully saturated rings. The molecule has 0 saturated heterocycles. The van der Waals surface area contributed by atoms with Gasteiger partial charge in [0, 0.05) is 17.7 Å². The molecule has 0 heterocycles. The van der Waals surface area contributed by atoms with Gasteiger partial charge in [0.25, 0.3) is 5.91 Å². The molecule has 1 rings (SSSR count). The molecule has 0 aliphatic rings. The number of likely N-dealkylation sites (N-methyl/N-ethyl adjacent to an activating group) is 1. The quantitative estimate of drug-likeness (QED) is 0.797. The van der Waals surface area contributed by atoms with Gasteiger partial charge in [-0.1, -0.05) is 6.07 Å². The molecule has 3 nitrogen and oxygen atoms in total. The Labute approximate surface area is 97.2 Å². The first-order chi connectivity index (χ1) is 6.59. The number of hydrogen-bond donors (Lipinski definition) is 0. The van der Waals surface area contributed by atoms with Crippen LogP contribution in [0.15, 0.2) is 24.3 Å². The zero-order valence-corrected chi connectivity index (χ0v) is 10.3. The van der Waals surface area contributed by atoms with Crippen molar-refractivity contribution in [1.82, 2.24) is 4.90 Å². The fraction of sp³-hybridized carbons (Fsp3) is 0.300. The Kier molecular flexibility index (Phi) is 4.19. The highest BCUT2D eigenvalue weighted by molar-refractivity contribution is 14.1. The topological polar surface area (TPSA) is 29.5 Å². The van der Waals surface area contributed by atoms with Crippen LogP contribution in [0.1, 0.15) is 0 Å². The summed E-state index contributed by atoms with van der Waals surface area (Å²) in [7, 11) is 3.42. The van der Waals surface area contributed by atoms with E-state index in [4.69, 9.17) is 4.74 Å². The molecule has 4 heteroatoms. The second-order valence-electron chi connectivity index (χ2n) is 3.03. The van der Waals surface area contributed by atoms with E-state index in [0.29, 0.717) is 0 Å². The van der Waals surface area contributed by atoms with E-state index in [9.17, 15) is 4.79 Å². The maximum atomic E-state index is 11.2. The number of ether oxygens (including phenoxy) is 1. The van der Waals surface area contributed by atoms with Gasteiger partial charge >= 0.3 is 0 Å². The molecule has 0 radical (unpaired) electrons. The SMILES string of the molecule is CN(C)C(=O)COc1cccc(I)c1. The molecule has 1 aromatic rings. The molecule has 0 bridgehead atoms. The van der Waals surface area contributed by atoms with E-state index in [1.165, 1.54) is 4.90 Å². The molecule has 1 amide bonds. The summed E-state index contributed by atoms with van der Waals surface area (Å²) < 4.78 is 6.41. The van der Waals surface area contributed by atoms with Crippen LogP contribution in [0.5, 0.6) is 5.75 Å². The van der Waals surface area contributed by atoms with Crippen molar-refractivity contribution < 1.29 is 9.53 Å². The van der Waals surface area contributed by atoms with Crippen LogP contribution in [0.25, 0.3) is 0 Å². The summed E-state index contributed by atoms with van der Waals surface area (Å²) in [6.07, 6.45) is 0. The van der Waals surface area contributed by atoms with Gasteiger partial charge in [0.2, 0.25) is 0 Å². The van der Waals surface area contributed by atoms with Gasteiger partial charge in [0.1, 0.15) is 5.75 Å². The molecule has 76 valence electrons. The van der Waals surface area contributed by atoms with Crippen LogP contribution in [0.3, 0.4) is 0 Å². The Balaban J connectivity index is 2.50. The summed E-state index contributed by atoms with van der Waals surface area (Å²) in [5.74, 6) is 0.691. The molecule has 0 aromatic heterocycles. The number of carbonyl (C=O) groups is 1. The lowest BCUT2D eigenvalue weighted by molar-refractivity contribution is -0.130. The van der Waals surface area contributed by atoms with Crippen LogP contribution < -0.4 is 4.74 Å². The van der Waals surface area contributed by atoms with E-state index in [0.717, 1.165) is 9.32 Å². The largest absolute Gasteiger partial charge is 0.484 e. The first kappa shape index (κ1) is 11.3. The normalized spacial score (nSPS) is 9.64. The predicted octanol–water partition coefficient (Wildman–Crippen LogP) is 1.76. The first-order valence-electron chi connectivity index (χ1n) is 4.18. The summed E-state index contributed by atoms with van der Waals surface area (Å²) in [6, 6.07) is 7.60. The van der Waals surface area contributed by atoms with E-state index in [1.807, 2.05) is 24.3 Å².